The Morgan fingerprint density at radius 3 is 2.50 bits per heavy atom. The molecular weight excluding hydrogens is 148 g/mol. The molecule has 2 N–H and O–H groups in total. The van der Waals surface area contributed by atoms with Crippen molar-refractivity contribution in [3.63, 3.8) is 0 Å². The Labute approximate surface area is 74.8 Å². The van der Waals surface area contributed by atoms with Crippen molar-refractivity contribution in [1.29, 1.82) is 0 Å². The van der Waals surface area contributed by atoms with Gasteiger partial charge in [0.25, 0.3) is 0 Å². The van der Waals surface area contributed by atoms with Crippen molar-refractivity contribution in [3.05, 3.63) is 29.6 Å². The third-order valence-corrected chi connectivity index (χ3v) is 1.35. The molecule has 68 valence electrons. The molecule has 0 amide bonds. The molecule has 0 fully saturated rings. The first kappa shape index (κ1) is 11.1. The summed E-state index contributed by atoms with van der Waals surface area (Å²) in [6.07, 6.45) is 0.877. The van der Waals surface area contributed by atoms with Crippen molar-refractivity contribution in [3.8, 4) is 0 Å². The Morgan fingerprint density at radius 1 is 1.33 bits per heavy atom. The maximum atomic E-state index is 5.37. The van der Waals surface area contributed by atoms with Gasteiger partial charge in [-0.05, 0) is 25.6 Å². The maximum absolute atomic E-state index is 5.37. The van der Waals surface area contributed by atoms with Crippen molar-refractivity contribution >= 4 is 0 Å². The molecule has 1 heterocycles. The highest BCUT2D eigenvalue weighted by Crippen LogP contribution is 1.97. The Morgan fingerprint density at radius 2 is 2.00 bits per heavy atom. The van der Waals surface area contributed by atoms with Gasteiger partial charge in [-0.15, -0.1) is 0 Å². The van der Waals surface area contributed by atoms with E-state index in [1.807, 2.05) is 39.0 Å². The minimum atomic E-state index is 0.677. The molecule has 0 radical (unpaired) electrons. The lowest BCUT2D eigenvalue weighted by molar-refractivity contribution is 0.912. The van der Waals surface area contributed by atoms with Gasteiger partial charge in [-0.2, -0.15) is 0 Å². The quantitative estimate of drug-likeness (QED) is 0.729. The van der Waals surface area contributed by atoms with Gasteiger partial charge in [0.1, 0.15) is 0 Å². The minimum Gasteiger partial charge on any atom is -0.330 e. The van der Waals surface area contributed by atoms with E-state index in [0.717, 1.165) is 17.8 Å². The van der Waals surface area contributed by atoms with E-state index < -0.39 is 0 Å². The molecule has 1 aromatic rings. The first-order valence-corrected chi connectivity index (χ1v) is 4.45. The Kier molecular flexibility index (Phi) is 6.29. The number of aromatic nitrogens is 1. The topological polar surface area (TPSA) is 38.9 Å². The Balaban J connectivity index is 0.000000561. The van der Waals surface area contributed by atoms with E-state index in [-0.39, 0.29) is 0 Å². The zero-order valence-electron chi connectivity index (χ0n) is 8.17. The fraction of sp³-hybridized carbons (Fsp3) is 0.500. The van der Waals surface area contributed by atoms with Crippen LogP contribution in [0.2, 0.25) is 0 Å². The van der Waals surface area contributed by atoms with Crippen molar-refractivity contribution in [2.24, 2.45) is 5.73 Å². The molecule has 0 aliphatic carbocycles. The molecule has 0 aliphatic rings. The highest BCUT2D eigenvalue weighted by molar-refractivity contribution is 5.09. The van der Waals surface area contributed by atoms with Crippen LogP contribution in [0.5, 0.6) is 0 Å². The average molecular weight is 166 g/mol. The normalized spacial score (nSPS) is 8.67. The molecule has 0 saturated carbocycles. The summed E-state index contributed by atoms with van der Waals surface area (Å²) < 4.78 is 0. The third-order valence-electron chi connectivity index (χ3n) is 1.35. The molecule has 0 spiro atoms. The first-order chi connectivity index (χ1) is 5.83. The first-order valence-electron chi connectivity index (χ1n) is 4.45. The van der Waals surface area contributed by atoms with Crippen LogP contribution in [0, 0.1) is 6.92 Å². The molecule has 0 aliphatic heterocycles. The third kappa shape index (κ3) is 4.09. The fourth-order valence-corrected chi connectivity index (χ4v) is 0.887. The summed E-state index contributed by atoms with van der Waals surface area (Å²) >= 11 is 0. The smallest absolute Gasteiger partial charge is 0.0419 e. The van der Waals surface area contributed by atoms with Crippen molar-refractivity contribution in [2.75, 3.05) is 6.54 Å². The summed E-state index contributed by atoms with van der Waals surface area (Å²) in [4.78, 5) is 4.28. The fourth-order valence-electron chi connectivity index (χ4n) is 0.887. The lowest BCUT2D eigenvalue weighted by atomic mass is 10.2. The molecule has 0 aromatic carbocycles. The lowest BCUT2D eigenvalue weighted by Crippen LogP contribution is -2.04. The molecule has 0 saturated heterocycles. The predicted molar refractivity (Wildman–Crippen MR) is 53.1 cm³/mol. The SMILES string of the molecule is CC.Cc1cccc(CCN)n1. The van der Waals surface area contributed by atoms with Gasteiger partial charge in [0, 0.05) is 17.8 Å². The average Bonchev–Trinajstić information content (AvgIpc) is 2.09. The number of rotatable bonds is 2. The highest BCUT2D eigenvalue weighted by atomic mass is 14.7. The van der Waals surface area contributed by atoms with Crippen LogP contribution in [0.25, 0.3) is 0 Å². The molecular formula is C10H18N2. The second kappa shape index (κ2) is 6.80. The standard InChI is InChI=1S/C8H12N2.C2H6/c1-7-3-2-4-8(10-7)5-6-9;1-2/h2-4H,5-6,9H2,1H3;1-2H3. The molecule has 0 bridgehead atoms. The molecule has 0 unspecified atom stereocenters. The van der Waals surface area contributed by atoms with Crippen molar-refractivity contribution < 1.29 is 0 Å². The van der Waals surface area contributed by atoms with Gasteiger partial charge in [0.2, 0.25) is 0 Å². The summed E-state index contributed by atoms with van der Waals surface area (Å²) in [6, 6.07) is 5.99. The van der Waals surface area contributed by atoms with E-state index in [4.69, 9.17) is 5.73 Å². The van der Waals surface area contributed by atoms with E-state index in [1.54, 1.807) is 0 Å². The molecule has 2 heteroatoms. The molecule has 12 heavy (non-hydrogen) atoms. The van der Waals surface area contributed by atoms with Gasteiger partial charge in [0.05, 0.1) is 0 Å². The van der Waals surface area contributed by atoms with Crippen LogP contribution in [0.4, 0.5) is 0 Å². The highest BCUT2D eigenvalue weighted by Gasteiger charge is 1.90. The van der Waals surface area contributed by atoms with Crippen molar-refractivity contribution in [2.45, 2.75) is 27.2 Å². The van der Waals surface area contributed by atoms with E-state index in [2.05, 4.69) is 4.98 Å². The van der Waals surface area contributed by atoms with Gasteiger partial charge in [-0.3, -0.25) is 4.98 Å². The largest absolute Gasteiger partial charge is 0.330 e. The summed E-state index contributed by atoms with van der Waals surface area (Å²) in [5.41, 5.74) is 7.52. The van der Waals surface area contributed by atoms with E-state index in [0.29, 0.717) is 6.54 Å². The summed E-state index contributed by atoms with van der Waals surface area (Å²) in [7, 11) is 0. The van der Waals surface area contributed by atoms with Gasteiger partial charge >= 0.3 is 0 Å². The predicted octanol–water partition coefficient (Wildman–Crippen LogP) is 1.92. The number of nitrogens with zero attached hydrogens (tertiary/aromatic N) is 1. The Hall–Kier alpha value is -0.890. The van der Waals surface area contributed by atoms with Crippen molar-refractivity contribution in [1.82, 2.24) is 4.98 Å². The number of pyridine rings is 1. The molecule has 0 atom stereocenters. The molecule has 1 rings (SSSR count). The van der Waals surface area contributed by atoms with E-state index in [9.17, 15) is 0 Å². The second-order valence-electron chi connectivity index (χ2n) is 2.31. The number of nitrogens with two attached hydrogens (primary N) is 1. The van der Waals surface area contributed by atoms with Crippen LogP contribution in [0.15, 0.2) is 18.2 Å². The van der Waals surface area contributed by atoms with Crippen LogP contribution in [-0.2, 0) is 6.42 Å². The van der Waals surface area contributed by atoms with Gasteiger partial charge < -0.3 is 5.73 Å². The van der Waals surface area contributed by atoms with Crippen LogP contribution in [0.1, 0.15) is 25.2 Å². The van der Waals surface area contributed by atoms with E-state index >= 15 is 0 Å². The zero-order valence-corrected chi connectivity index (χ0v) is 8.17. The minimum absolute atomic E-state index is 0.677. The monoisotopic (exact) mass is 166 g/mol. The van der Waals surface area contributed by atoms with Gasteiger partial charge in [-0.25, -0.2) is 0 Å². The second-order valence-corrected chi connectivity index (χ2v) is 2.31. The summed E-state index contributed by atoms with van der Waals surface area (Å²) in [5.74, 6) is 0. The van der Waals surface area contributed by atoms with Crippen LogP contribution < -0.4 is 5.73 Å². The van der Waals surface area contributed by atoms with E-state index in [1.165, 1.54) is 0 Å². The summed E-state index contributed by atoms with van der Waals surface area (Å²) in [5, 5.41) is 0. The number of hydrogen-bond acceptors (Lipinski definition) is 2. The van der Waals surface area contributed by atoms with Gasteiger partial charge in [-0.1, -0.05) is 19.9 Å². The Bertz CT molecular complexity index is 209. The summed E-state index contributed by atoms with van der Waals surface area (Å²) in [6.45, 7) is 6.66. The number of aryl methyl sites for hydroxylation is 1. The lowest BCUT2D eigenvalue weighted by Gasteiger charge is -1.97. The zero-order chi connectivity index (χ0) is 9.40. The number of hydrogen-bond donors (Lipinski definition) is 1. The maximum Gasteiger partial charge on any atom is 0.0419 e. The van der Waals surface area contributed by atoms with Crippen LogP contribution in [0.3, 0.4) is 0 Å². The van der Waals surface area contributed by atoms with Crippen LogP contribution >= 0.6 is 0 Å². The molecule has 2 nitrogen and oxygen atoms in total. The molecule has 1 aromatic heterocycles. The van der Waals surface area contributed by atoms with Gasteiger partial charge in [0.15, 0.2) is 0 Å². The van der Waals surface area contributed by atoms with Crippen LogP contribution in [-0.4, -0.2) is 11.5 Å².